The molecule has 2 N–H and O–H groups in total. The Bertz CT molecular complexity index is 1170. The van der Waals surface area contributed by atoms with Gasteiger partial charge in [0.05, 0.1) is 5.56 Å². The van der Waals surface area contributed by atoms with Crippen molar-refractivity contribution in [1.82, 2.24) is 4.98 Å². The quantitative estimate of drug-likeness (QED) is 0.434. The van der Waals surface area contributed by atoms with E-state index in [9.17, 15) is 9.90 Å². The number of amides is 1. The number of nitrogens with one attached hydrogen (secondary N) is 1. The van der Waals surface area contributed by atoms with Crippen molar-refractivity contribution in [3.63, 3.8) is 0 Å². The van der Waals surface area contributed by atoms with Crippen LogP contribution in [0, 0.1) is 0 Å². The van der Waals surface area contributed by atoms with Crippen LogP contribution in [0.1, 0.15) is 6.92 Å². The molecule has 0 saturated heterocycles. The third kappa shape index (κ3) is 3.27. The summed E-state index contributed by atoms with van der Waals surface area (Å²) in [5.74, 6) is 0.235. The van der Waals surface area contributed by atoms with Gasteiger partial charge >= 0.3 is 0 Å². The van der Waals surface area contributed by atoms with Crippen LogP contribution in [0.25, 0.3) is 33.5 Å². The Kier molecular flexibility index (Phi) is 4.33. The summed E-state index contributed by atoms with van der Waals surface area (Å²) in [5.41, 5.74) is 1.71. The summed E-state index contributed by atoms with van der Waals surface area (Å²) in [6, 6.07) is 18.5. The predicted octanol–water partition coefficient (Wildman–Crippen LogP) is 5.11. The second-order valence-corrected chi connectivity index (χ2v) is 6.63. The Morgan fingerprint density at radius 1 is 1.11 bits per heavy atom. The van der Waals surface area contributed by atoms with Crippen LogP contribution < -0.4 is 5.32 Å². The number of benzene rings is 3. The number of anilines is 1. The summed E-state index contributed by atoms with van der Waals surface area (Å²) in [7, 11) is 0. The highest BCUT2D eigenvalue weighted by Crippen LogP contribution is 2.40. The molecule has 1 aromatic heterocycles. The van der Waals surface area contributed by atoms with Crippen molar-refractivity contribution in [3.05, 3.63) is 60.7 Å². The van der Waals surface area contributed by atoms with E-state index in [1.54, 1.807) is 6.07 Å². The van der Waals surface area contributed by atoms with E-state index < -0.39 is 0 Å². The van der Waals surface area contributed by atoms with Gasteiger partial charge in [0.25, 0.3) is 0 Å². The summed E-state index contributed by atoms with van der Waals surface area (Å²) in [6.45, 7) is 1.40. The maximum absolute atomic E-state index is 11.6. The van der Waals surface area contributed by atoms with E-state index in [-0.39, 0.29) is 23.4 Å². The van der Waals surface area contributed by atoms with E-state index in [1.165, 1.54) is 6.92 Å². The molecule has 4 rings (SSSR count). The molecule has 0 aliphatic rings. The van der Waals surface area contributed by atoms with Crippen molar-refractivity contribution in [2.24, 2.45) is 0 Å². The third-order valence-corrected chi connectivity index (χ3v) is 4.44. The molecule has 1 heterocycles. The van der Waals surface area contributed by atoms with Crippen molar-refractivity contribution in [2.75, 3.05) is 5.32 Å². The fraction of sp³-hybridized carbons (Fsp3) is 0.0476. The van der Waals surface area contributed by atoms with E-state index in [0.29, 0.717) is 11.3 Å². The van der Waals surface area contributed by atoms with Gasteiger partial charge in [-0.15, -0.1) is 12.6 Å². The fourth-order valence-electron chi connectivity index (χ4n) is 3.01. The van der Waals surface area contributed by atoms with Gasteiger partial charge in [0.2, 0.25) is 17.7 Å². The molecule has 1 amide bonds. The topological polar surface area (TPSA) is 75.4 Å². The van der Waals surface area contributed by atoms with Crippen molar-refractivity contribution < 1.29 is 14.3 Å². The van der Waals surface area contributed by atoms with Gasteiger partial charge in [-0.3, -0.25) is 10.1 Å². The lowest BCUT2D eigenvalue weighted by Crippen LogP contribution is -2.05. The zero-order valence-electron chi connectivity index (χ0n) is 14.4. The molecule has 0 fully saturated rings. The summed E-state index contributed by atoms with van der Waals surface area (Å²) in [5, 5.41) is 14.9. The number of carbonyl (C=O) groups is 1. The number of aromatic nitrogens is 1. The van der Waals surface area contributed by atoms with Gasteiger partial charge in [-0.25, -0.2) is 4.98 Å². The number of phenolic OH excluding ortho intramolecular Hbond substituents is 1. The molecule has 134 valence electrons. The highest BCUT2D eigenvalue weighted by Gasteiger charge is 2.21. The first-order chi connectivity index (χ1) is 13.0. The van der Waals surface area contributed by atoms with Crippen molar-refractivity contribution in [2.45, 2.75) is 11.8 Å². The van der Waals surface area contributed by atoms with Gasteiger partial charge in [0.15, 0.2) is 0 Å². The number of oxazole rings is 1. The SMILES string of the molecule is CC(=O)Nc1oc(-c2c(O)ccc3ccccc23)nc1-c1cccc(S)c1. The van der Waals surface area contributed by atoms with E-state index in [0.717, 1.165) is 21.2 Å². The smallest absolute Gasteiger partial charge is 0.233 e. The molecule has 0 aliphatic heterocycles. The Morgan fingerprint density at radius 2 is 1.93 bits per heavy atom. The Balaban J connectivity index is 1.96. The molecule has 0 radical (unpaired) electrons. The lowest BCUT2D eigenvalue weighted by Gasteiger charge is -2.05. The molecule has 6 heteroatoms. The highest BCUT2D eigenvalue weighted by molar-refractivity contribution is 7.80. The zero-order valence-corrected chi connectivity index (χ0v) is 15.3. The molecule has 3 aromatic carbocycles. The molecule has 0 bridgehead atoms. The Morgan fingerprint density at radius 3 is 2.70 bits per heavy atom. The minimum absolute atomic E-state index is 0.0545. The summed E-state index contributed by atoms with van der Waals surface area (Å²) in [6.07, 6.45) is 0. The van der Waals surface area contributed by atoms with Crippen LogP contribution in [-0.2, 0) is 4.79 Å². The maximum atomic E-state index is 11.6. The average molecular weight is 376 g/mol. The third-order valence-electron chi connectivity index (χ3n) is 4.16. The number of fused-ring (bicyclic) bond motifs is 1. The number of hydrogen-bond donors (Lipinski definition) is 3. The number of hydrogen-bond acceptors (Lipinski definition) is 5. The van der Waals surface area contributed by atoms with Crippen molar-refractivity contribution in [3.8, 4) is 28.5 Å². The van der Waals surface area contributed by atoms with Crippen LogP contribution in [0.3, 0.4) is 0 Å². The first-order valence-corrected chi connectivity index (χ1v) is 8.76. The molecule has 5 nitrogen and oxygen atoms in total. The Labute approximate surface area is 161 Å². The van der Waals surface area contributed by atoms with Gasteiger partial charge in [-0.05, 0) is 29.0 Å². The molecule has 27 heavy (non-hydrogen) atoms. The fourth-order valence-corrected chi connectivity index (χ4v) is 3.23. The number of carbonyl (C=O) groups excluding carboxylic acids is 1. The van der Waals surface area contributed by atoms with Gasteiger partial charge < -0.3 is 9.52 Å². The molecule has 0 spiro atoms. The number of phenols is 1. The van der Waals surface area contributed by atoms with Crippen LogP contribution in [-0.4, -0.2) is 16.0 Å². The van der Waals surface area contributed by atoms with Crippen molar-refractivity contribution >= 4 is 35.2 Å². The molecular weight excluding hydrogens is 360 g/mol. The van der Waals surface area contributed by atoms with Gasteiger partial charge in [0, 0.05) is 17.4 Å². The molecular formula is C21H16N2O3S. The Hall–Kier alpha value is -3.25. The van der Waals surface area contributed by atoms with Gasteiger partial charge in [-0.2, -0.15) is 0 Å². The van der Waals surface area contributed by atoms with Crippen LogP contribution in [0.5, 0.6) is 5.75 Å². The van der Waals surface area contributed by atoms with Crippen LogP contribution in [0.2, 0.25) is 0 Å². The van der Waals surface area contributed by atoms with Gasteiger partial charge in [0.1, 0.15) is 11.4 Å². The van der Waals surface area contributed by atoms with E-state index >= 15 is 0 Å². The van der Waals surface area contributed by atoms with Crippen molar-refractivity contribution in [1.29, 1.82) is 0 Å². The largest absolute Gasteiger partial charge is 0.507 e. The second kappa shape index (κ2) is 6.81. The number of rotatable bonds is 3. The minimum Gasteiger partial charge on any atom is -0.507 e. The van der Waals surface area contributed by atoms with E-state index in [2.05, 4.69) is 22.9 Å². The number of thiol groups is 1. The van der Waals surface area contributed by atoms with Gasteiger partial charge in [-0.1, -0.05) is 42.5 Å². The van der Waals surface area contributed by atoms with Crippen LogP contribution in [0.4, 0.5) is 5.88 Å². The van der Waals surface area contributed by atoms with E-state index in [1.807, 2.05) is 54.6 Å². The van der Waals surface area contributed by atoms with Crippen LogP contribution in [0.15, 0.2) is 70.0 Å². The number of nitrogens with zero attached hydrogens (tertiary/aromatic N) is 1. The molecule has 0 unspecified atom stereocenters. The second-order valence-electron chi connectivity index (χ2n) is 6.11. The molecule has 0 atom stereocenters. The lowest BCUT2D eigenvalue weighted by atomic mass is 10.0. The lowest BCUT2D eigenvalue weighted by molar-refractivity contribution is -0.114. The maximum Gasteiger partial charge on any atom is 0.233 e. The summed E-state index contributed by atoms with van der Waals surface area (Å²) in [4.78, 5) is 17.0. The monoisotopic (exact) mass is 376 g/mol. The first kappa shape index (κ1) is 17.2. The van der Waals surface area contributed by atoms with E-state index in [4.69, 9.17) is 4.42 Å². The summed E-state index contributed by atoms with van der Waals surface area (Å²) < 4.78 is 5.87. The average Bonchev–Trinajstić information content (AvgIpc) is 3.04. The highest BCUT2D eigenvalue weighted by atomic mass is 32.1. The number of aromatic hydroxyl groups is 1. The normalized spacial score (nSPS) is 10.9. The predicted molar refractivity (Wildman–Crippen MR) is 108 cm³/mol. The first-order valence-electron chi connectivity index (χ1n) is 8.32. The van der Waals surface area contributed by atoms with Crippen LogP contribution >= 0.6 is 12.6 Å². The standard InChI is InChI=1S/C21H16N2O3S/c1-12(24)22-21-19(14-6-4-7-15(27)11-14)23-20(26-21)18-16-8-3-2-5-13(16)9-10-17(18)25/h2-11,25,27H,1H3,(H,22,24). The summed E-state index contributed by atoms with van der Waals surface area (Å²) >= 11 is 4.36. The molecule has 0 aliphatic carbocycles. The molecule has 4 aromatic rings. The zero-order chi connectivity index (χ0) is 19.0. The molecule has 0 saturated carbocycles. The minimum atomic E-state index is -0.275.